The van der Waals surface area contributed by atoms with Gasteiger partial charge < -0.3 is 0 Å². The van der Waals surface area contributed by atoms with E-state index in [4.69, 9.17) is 0 Å². The molecule has 0 nitrogen and oxygen atoms in total. The van der Waals surface area contributed by atoms with Crippen LogP contribution in [0.15, 0.2) is 104 Å². The molecule has 0 bridgehead atoms. The van der Waals surface area contributed by atoms with Gasteiger partial charge in [-0.1, -0.05) is 143 Å². The summed E-state index contributed by atoms with van der Waals surface area (Å²) in [6.07, 6.45) is 15.6. The van der Waals surface area contributed by atoms with Crippen LogP contribution in [0.25, 0.3) is 45.8 Å². The van der Waals surface area contributed by atoms with E-state index in [2.05, 4.69) is 149 Å². The number of rotatable bonds is 10. The van der Waals surface area contributed by atoms with E-state index in [0.29, 0.717) is 5.92 Å². The van der Waals surface area contributed by atoms with Gasteiger partial charge in [0.2, 0.25) is 0 Å². The van der Waals surface area contributed by atoms with Crippen LogP contribution in [-0.4, -0.2) is 0 Å². The van der Waals surface area contributed by atoms with Gasteiger partial charge in [0.1, 0.15) is 0 Å². The first-order valence-corrected chi connectivity index (χ1v) is 14.8. The molecule has 0 N–H and O–H groups in total. The average molecular weight is 521 g/mol. The molecular weight excluding hydrogens is 480 g/mol. The molecule has 1 unspecified atom stereocenters. The second-order valence-electron chi connectivity index (χ2n) is 10.7. The Morgan fingerprint density at radius 3 is 1.55 bits per heavy atom. The molecule has 200 valence electrons. The second-order valence-corrected chi connectivity index (χ2v) is 10.7. The maximum Gasteiger partial charge on any atom is 0.00154 e. The SMILES string of the molecule is C=CC(CCC)c1ccc2c(C=Cc3ccc(CC)cc3)c3ccccc3c(C=Cc3ccc(CC)cc3)c2c1. The number of fused-ring (bicyclic) bond motifs is 2. The Balaban J connectivity index is 1.72. The van der Waals surface area contributed by atoms with Gasteiger partial charge in [-0.2, -0.15) is 0 Å². The molecule has 0 amide bonds. The lowest BCUT2D eigenvalue weighted by atomic mass is 9.87. The Morgan fingerprint density at radius 1 is 0.575 bits per heavy atom. The minimum absolute atomic E-state index is 0.357. The fourth-order valence-corrected chi connectivity index (χ4v) is 5.67. The van der Waals surface area contributed by atoms with Crippen LogP contribution in [0.4, 0.5) is 0 Å². The van der Waals surface area contributed by atoms with Gasteiger partial charge in [0, 0.05) is 5.92 Å². The van der Waals surface area contributed by atoms with E-state index in [1.807, 2.05) is 0 Å². The summed E-state index contributed by atoms with van der Waals surface area (Å²) in [5.74, 6) is 0.357. The third kappa shape index (κ3) is 5.87. The molecule has 0 spiro atoms. The molecule has 1 atom stereocenters. The van der Waals surface area contributed by atoms with Crippen molar-refractivity contribution in [3.05, 3.63) is 143 Å². The smallest absolute Gasteiger partial charge is 0.00154 e. The number of allylic oxidation sites excluding steroid dienone is 1. The molecule has 5 aromatic rings. The summed E-state index contributed by atoms with van der Waals surface area (Å²) in [5.41, 5.74) is 9.06. The van der Waals surface area contributed by atoms with Crippen LogP contribution in [0.1, 0.15) is 78.5 Å². The second kappa shape index (κ2) is 12.8. The summed E-state index contributed by atoms with van der Waals surface area (Å²) >= 11 is 0. The molecule has 0 saturated carbocycles. The highest BCUT2D eigenvalue weighted by Gasteiger charge is 2.14. The number of hydrogen-bond acceptors (Lipinski definition) is 0. The average Bonchev–Trinajstić information content (AvgIpc) is 3.01. The quantitative estimate of drug-likeness (QED) is 0.0975. The third-order valence-corrected chi connectivity index (χ3v) is 8.10. The first-order valence-electron chi connectivity index (χ1n) is 14.8. The van der Waals surface area contributed by atoms with Crippen LogP contribution < -0.4 is 0 Å². The molecule has 0 heterocycles. The van der Waals surface area contributed by atoms with E-state index < -0.39 is 0 Å². The van der Waals surface area contributed by atoms with E-state index in [1.54, 1.807) is 0 Å². The van der Waals surface area contributed by atoms with Crippen LogP contribution in [0.2, 0.25) is 0 Å². The Morgan fingerprint density at radius 2 is 1.07 bits per heavy atom. The van der Waals surface area contributed by atoms with E-state index in [1.165, 1.54) is 60.5 Å². The Bertz CT molecular complexity index is 1660. The number of benzene rings is 5. The maximum absolute atomic E-state index is 4.17. The monoisotopic (exact) mass is 520 g/mol. The van der Waals surface area contributed by atoms with Crippen molar-refractivity contribution >= 4 is 45.8 Å². The minimum atomic E-state index is 0.357. The van der Waals surface area contributed by atoms with Gasteiger partial charge in [-0.3, -0.25) is 0 Å². The highest BCUT2D eigenvalue weighted by molar-refractivity contribution is 6.14. The summed E-state index contributed by atoms with van der Waals surface area (Å²) in [4.78, 5) is 0. The van der Waals surface area contributed by atoms with Crippen molar-refractivity contribution in [2.24, 2.45) is 0 Å². The summed E-state index contributed by atoms with van der Waals surface area (Å²) < 4.78 is 0. The molecule has 0 aliphatic carbocycles. The number of hydrogen-bond donors (Lipinski definition) is 0. The van der Waals surface area contributed by atoms with Crippen LogP contribution in [0.5, 0.6) is 0 Å². The summed E-state index contributed by atoms with van der Waals surface area (Å²) in [5, 5.41) is 5.13. The van der Waals surface area contributed by atoms with E-state index in [9.17, 15) is 0 Å². The molecule has 0 heteroatoms. The molecule has 0 saturated heterocycles. The van der Waals surface area contributed by atoms with Crippen molar-refractivity contribution in [2.75, 3.05) is 0 Å². The van der Waals surface area contributed by atoms with Crippen LogP contribution in [-0.2, 0) is 12.8 Å². The zero-order chi connectivity index (χ0) is 27.9. The molecule has 0 aliphatic heterocycles. The molecule has 0 aliphatic rings. The zero-order valence-electron chi connectivity index (χ0n) is 24.2. The van der Waals surface area contributed by atoms with Gasteiger partial charge in [0.05, 0.1) is 0 Å². The van der Waals surface area contributed by atoms with Gasteiger partial charge in [-0.25, -0.2) is 0 Å². The predicted molar refractivity (Wildman–Crippen MR) is 179 cm³/mol. The van der Waals surface area contributed by atoms with Crippen molar-refractivity contribution in [3.8, 4) is 0 Å². The molecule has 40 heavy (non-hydrogen) atoms. The Hall–Kier alpha value is -4.16. The topological polar surface area (TPSA) is 0 Å². The molecule has 5 aromatic carbocycles. The van der Waals surface area contributed by atoms with Crippen LogP contribution in [0.3, 0.4) is 0 Å². The Labute approximate surface area is 240 Å². The molecule has 0 aromatic heterocycles. The van der Waals surface area contributed by atoms with Crippen molar-refractivity contribution in [3.63, 3.8) is 0 Å². The van der Waals surface area contributed by atoms with E-state index >= 15 is 0 Å². The first kappa shape index (κ1) is 27.4. The Kier molecular flexibility index (Phi) is 8.77. The normalized spacial score (nSPS) is 12.6. The van der Waals surface area contributed by atoms with Crippen LogP contribution in [0, 0.1) is 0 Å². The maximum atomic E-state index is 4.17. The largest absolute Gasteiger partial charge is 0.102 e. The zero-order valence-corrected chi connectivity index (χ0v) is 24.2. The molecule has 0 fully saturated rings. The number of aryl methyl sites for hydroxylation is 2. The molecule has 5 rings (SSSR count). The fourth-order valence-electron chi connectivity index (χ4n) is 5.67. The summed E-state index contributed by atoms with van der Waals surface area (Å²) in [7, 11) is 0. The lowest BCUT2D eigenvalue weighted by Gasteiger charge is -2.17. The first-order chi connectivity index (χ1) is 19.6. The van der Waals surface area contributed by atoms with Crippen molar-refractivity contribution in [2.45, 2.75) is 52.4 Å². The highest BCUT2D eigenvalue weighted by atomic mass is 14.2. The summed E-state index contributed by atoms with van der Waals surface area (Å²) in [6, 6.07) is 33.7. The molecular formula is C40H40. The minimum Gasteiger partial charge on any atom is -0.102 e. The lowest BCUT2D eigenvalue weighted by molar-refractivity contribution is 0.719. The fraction of sp³-hybridized carbons (Fsp3) is 0.200. The standard InChI is InChI=1S/C40H40/c1-5-11-33(8-4)34-24-27-39-37(25-22-31-18-14-29(6-2)15-19-31)35-12-9-10-13-36(35)38(40(39)28-34)26-23-32-20-16-30(7-3)17-21-32/h8-10,12-28,33H,4-7,11H2,1-3H3. The lowest BCUT2D eigenvalue weighted by Crippen LogP contribution is -1.96. The van der Waals surface area contributed by atoms with Crippen molar-refractivity contribution < 1.29 is 0 Å². The van der Waals surface area contributed by atoms with Gasteiger partial charge in [-0.15, -0.1) is 6.58 Å². The van der Waals surface area contributed by atoms with E-state index in [-0.39, 0.29) is 0 Å². The third-order valence-electron chi connectivity index (χ3n) is 8.10. The van der Waals surface area contributed by atoms with Crippen LogP contribution >= 0.6 is 0 Å². The highest BCUT2D eigenvalue weighted by Crippen LogP contribution is 2.37. The van der Waals surface area contributed by atoms with Crippen molar-refractivity contribution in [1.29, 1.82) is 0 Å². The summed E-state index contributed by atoms with van der Waals surface area (Å²) in [6.45, 7) is 10.8. The van der Waals surface area contributed by atoms with Gasteiger partial charge >= 0.3 is 0 Å². The molecule has 0 radical (unpaired) electrons. The van der Waals surface area contributed by atoms with Gasteiger partial charge in [0.25, 0.3) is 0 Å². The van der Waals surface area contributed by atoms with Gasteiger partial charge in [-0.05, 0) is 85.8 Å². The predicted octanol–water partition coefficient (Wildman–Crippen LogP) is 11.5. The van der Waals surface area contributed by atoms with Gasteiger partial charge in [0.15, 0.2) is 0 Å². The van der Waals surface area contributed by atoms with Crippen molar-refractivity contribution in [1.82, 2.24) is 0 Å². The van der Waals surface area contributed by atoms with E-state index in [0.717, 1.165) is 25.7 Å².